The third-order valence-electron chi connectivity index (χ3n) is 2.15. The van der Waals surface area contributed by atoms with Crippen LogP contribution < -0.4 is 10.0 Å². The third-order valence-corrected chi connectivity index (χ3v) is 4.28. The highest BCUT2D eigenvalue weighted by Crippen LogP contribution is 2.18. The minimum atomic E-state index is -3.29. The van der Waals surface area contributed by atoms with Crippen LogP contribution in [0.4, 0.5) is 5.13 Å². The van der Waals surface area contributed by atoms with Crippen molar-refractivity contribution in [1.82, 2.24) is 15.5 Å². The maximum absolute atomic E-state index is 11.6. The van der Waals surface area contributed by atoms with Crippen molar-refractivity contribution >= 4 is 26.5 Å². The summed E-state index contributed by atoms with van der Waals surface area (Å²) in [7, 11) is -3.29. The zero-order valence-corrected chi connectivity index (χ0v) is 10.6. The molecule has 6 nitrogen and oxygen atoms in total. The molecule has 0 saturated heterocycles. The molecule has 0 aliphatic heterocycles. The Labute approximate surface area is 98.5 Å². The Balaban J connectivity index is 1.81. The molecule has 0 bridgehead atoms. The van der Waals surface area contributed by atoms with Crippen LogP contribution in [0.5, 0.6) is 0 Å². The molecule has 1 saturated carbocycles. The molecule has 8 heteroatoms. The maximum atomic E-state index is 11.6. The zero-order valence-electron chi connectivity index (χ0n) is 8.93. The largest absolute Gasteiger partial charge is 0.313 e. The monoisotopic (exact) mass is 262 g/mol. The minimum absolute atomic E-state index is 0.0716. The van der Waals surface area contributed by atoms with E-state index in [0.717, 1.165) is 17.8 Å². The highest BCUT2D eigenvalue weighted by atomic mass is 32.2. The molecule has 1 fully saturated rings. The summed E-state index contributed by atoms with van der Waals surface area (Å²) in [5.41, 5.74) is 0. The first-order valence-electron chi connectivity index (χ1n) is 5.09. The van der Waals surface area contributed by atoms with Gasteiger partial charge in [-0.15, -0.1) is 10.2 Å². The molecule has 0 radical (unpaired) electrons. The Bertz CT molecular complexity index is 452. The second-order valence-corrected chi connectivity index (χ2v) is 6.80. The molecule has 1 aromatic heterocycles. The third kappa shape index (κ3) is 3.69. The van der Waals surface area contributed by atoms with Gasteiger partial charge < -0.3 is 5.32 Å². The van der Waals surface area contributed by atoms with E-state index >= 15 is 0 Å². The molecule has 2 rings (SSSR count). The number of nitrogens with one attached hydrogen (secondary N) is 2. The Morgan fingerprint density at radius 2 is 2.19 bits per heavy atom. The van der Waals surface area contributed by atoms with Crippen LogP contribution >= 0.6 is 11.3 Å². The summed E-state index contributed by atoms with van der Waals surface area (Å²) in [5.74, 6) is 0.0716. The SMILES string of the molecule is Cc1nnc(NS(=O)(=O)CCNC2CC2)s1. The van der Waals surface area contributed by atoms with Gasteiger partial charge in [-0.3, -0.25) is 4.72 Å². The lowest BCUT2D eigenvalue weighted by Crippen LogP contribution is -2.27. The van der Waals surface area contributed by atoms with Gasteiger partial charge in [0.1, 0.15) is 5.01 Å². The average molecular weight is 262 g/mol. The van der Waals surface area contributed by atoms with Crippen LogP contribution in [0, 0.1) is 6.92 Å². The predicted octanol–water partition coefficient (Wildman–Crippen LogP) is 0.340. The van der Waals surface area contributed by atoms with Crippen LogP contribution in [0.15, 0.2) is 0 Å². The van der Waals surface area contributed by atoms with Crippen LogP contribution in [-0.2, 0) is 10.0 Å². The van der Waals surface area contributed by atoms with Crippen molar-refractivity contribution in [2.75, 3.05) is 17.0 Å². The van der Waals surface area contributed by atoms with Gasteiger partial charge in [0.25, 0.3) is 0 Å². The van der Waals surface area contributed by atoms with Crippen LogP contribution in [0.25, 0.3) is 0 Å². The molecule has 1 aliphatic carbocycles. The molecule has 0 aromatic carbocycles. The molecule has 1 aromatic rings. The fourth-order valence-corrected chi connectivity index (χ4v) is 2.99. The van der Waals surface area contributed by atoms with E-state index in [4.69, 9.17) is 0 Å². The van der Waals surface area contributed by atoms with Crippen LogP contribution in [0.2, 0.25) is 0 Å². The maximum Gasteiger partial charge on any atom is 0.235 e. The van der Waals surface area contributed by atoms with E-state index in [9.17, 15) is 8.42 Å². The van der Waals surface area contributed by atoms with Gasteiger partial charge in [-0.2, -0.15) is 0 Å². The summed E-state index contributed by atoms with van der Waals surface area (Å²) in [6, 6.07) is 0.527. The lowest BCUT2D eigenvalue weighted by atomic mass is 10.6. The molecule has 16 heavy (non-hydrogen) atoms. The highest BCUT2D eigenvalue weighted by molar-refractivity contribution is 7.92. The van der Waals surface area contributed by atoms with Crippen molar-refractivity contribution in [3.8, 4) is 0 Å². The number of nitrogens with zero attached hydrogens (tertiary/aromatic N) is 2. The topological polar surface area (TPSA) is 84.0 Å². The molecule has 1 heterocycles. The first-order valence-corrected chi connectivity index (χ1v) is 7.56. The fraction of sp³-hybridized carbons (Fsp3) is 0.750. The van der Waals surface area contributed by atoms with E-state index in [-0.39, 0.29) is 5.75 Å². The molecule has 0 atom stereocenters. The predicted molar refractivity (Wildman–Crippen MR) is 63.1 cm³/mol. The quantitative estimate of drug-likeness (QED) is 0.772. The van der Waals surface area contributed by atoms with Crippen LogP contribution in [0.3, 0.4) is 0 Å². The number of aryl methyl sites for hydroxylation is 1. The average Bonchev–Trinajstić information content (AvgIpc) is 2.90. The van der Waals surface area contributed by atoms with Crippen molar-refractivity contribution < 1.29 is 8.42 Å². The molecule has 2 N–H and O–H groups in total. The molecule has 90 valence electrons. The molecular formula is C8H14N4O2S2. The number of aromatic nitrogens is 2. The van der Waals surface area contributed by atoms with Crippen molar-refractivity contribution in [2.24, 2.45) is 0 Å². The number of hydrogen-bond acceptors (Lipinski definition) is 6. The number of anilines is 1. The first kappa shape index (κ1) is 11.7. The standard InChI is InChI=1S/C8H14N4O2S2/c1-6-10-11-8(15-6)12-16(13,14)5-4-9-7-2-3-7/h7,9H,2-5H2,1H3,(H,11,12). The van der Waals surface area contributed by atoms with Gasteiger partial charge in [0.05, 0.1) is 5.75 Å². The van der Waals surface area contributed by atoms with Crippen molar-refractivity contribution in [2.45, 2.75) is 25.8 Å². The Kier molecular flexibility index (Phi) is 3.41. The van der Waals surface area contributed by atoms with Gasteiger partial charge in [0.2, 0.25) is 15.2 Å². The normalized spacial score (nSPS) is 16.3. The van der Waals surface area contributed by atoms with Crippen molar-refractivity contribution in [3.63, 3.8) is 0 Å². The van der Waals surface area contributed by atoms with Crippen molar-refractivity contribution in [3.05, 3.63) is 5.01 Å². The van der Waals surface area contributed by atoms with Gasteiger partial charge in [-0.1, -0.05) is 11.3 Å². The smallest absolute Gasteiger partial charge is 0.235 e. The Morgan fingerprint density at radius 1 is 1.44 bits per heavy atom. The molecule has 0 spiro atoms. The van der Waals surface area contributed by atoms with E-state index in [1.165, 1.54) is 11.3 Å². The van der Waals surface area contributed by atoms with Crippen molar-refractivity contribution in [1.29, 1.82) is 0 Å². The van der Waals surface area contributed by atoms with E-state index in [1.54, 1.807) is 6.92 Å². The van der Waals surface area contributed by atoms with Crippen LogP contribution in [-0.4, -0.2) is 37.0 Å². The second kappa shape index (κ2) is 4.64. The number of rotatable bonds is 6. The molecular weight excluding hydrogens is 248 g/mol. The first-order chi connectivity index (χ1) is 7.55. The zero-order chi connectivity index (χ0) is 11.6. The fourth-order valence-electron chi connectivity index (χ4n) is 1.21. The highest BCUT2D eigenvalue weighted by Gasteiger charge is 2.21. The van der Waals surface area contributed by atoms with E-state index in [2.05, 4.69) is 20.2 Å². The summed E-state index contributed by atoms with van der Waals surface area (Å²) in [4.78, 5) is 0. The second-order valence-electron chi connectivity index (χ2n) is 3.78. The van der Waals surface area contributed by atoms with Gasteiger partial charge >= 0.3 is 0 Å². The Hall–Kier alpha value is -0.730. The van der Waals surface area contributed by atoms with E-state index in [1.807, 2.05) is 0 Å². The van der Waals surface area contributed by atoms with Crippen LogP contribution in [0.1, 0.15) is 17.8 Å². The van der Waals surface area contributed by atoms with Gasteiger partial charge in [-0.25, -0.2) is 8.42 Å². The number of hydrogen-bond donors (Lipinski definition) is 2. The summed E-state index contributed by atoms with van der Waals surface area (Å²) >= 11 is 1.23. The van der Waals surface area contributed by atoms with E-state index < -0.39 is 10.0 Å². The lowest BCUT2D eigenvalue weighted by Gasteiger charge is -2.04. The summed E-state index contributed by atoms with van der Waals surface area (Å²) in [6.45, 7) is 2.27. The Morgan fingerprint density at radius 3 is 2.75 bits per heavy atom. The number of sulfonamides is 1. The summed E-state index contributed by atoms with van der Waals surface area (Å²) < 4.78 is 25.6. The molecule has 1 aliphatic rings. The van der Waals surface area contributed by atoms with Gasteiger partial charge in [0.15, 0.2) is 0 Å². The summed E-state index contributed by atoms with van der Waals surface area (Å²) in [6.07, 6.45) is 2.31. The van der Waals surface area contributed by atoms with E-state index in [0.29, 0.717) is 17.7 Å². The van der Waals surface area contributed by atoms with Gasteiger partial charge in [-0.05, 0) is 19.8 Å². The minimum Gasteiger partial charge on any atom is -0.313 e. The molecule has 0 unspecified atom stereocenters. The molecule has 0 amide bonds. The van der Waals surface area contributed by atoms with Gasteiger partial charge in [0, 0.05) is 12.6 Å². The lowest BCUT2D eigenvalue weighted by molar-refractivity contribution is 0.595. The summed E-state index contributed by atoms with van der Waals surface area (Å²) in [5, 5.41) is 11.7.